The van der Waals surface area contributed by atoms with Crippen molar-refractivity contribution >= 4 is 5.91 Å². The predicted octanol–water partition coefficient (Wildman–Crippen LogP) is 3.32. The Kier molecular flexibility index (Phi) is 6.60. The number of benzene rings is 2. The smallest absolute Gasteiger partial charge is 0.237 e. The fourth-order valence-corrected chi connectivity index (χ4v) is 4.39. The Morgan fingerprint density at radius 2 is 1.48 bits per heavy atom. The van der Waals surface area contributed by atoms with Gasteiger partial charge in [0.1, 0.15) is 0 Å². The zero-order valence-electron chi connectivity index (χ0n) is 17.1. The van der Waals surface area contributed by atoms with Crippen molar-refractivity contribution in [1.82, 2.24) is 9.80 Å². The maximum absolute atomic E-state index is 13.2. The lowest BCUT2D eigenvalue weighted by molar-refractivity contribution is -0.134. The molecule has 4 rings (SSSR count). The zero-order chi connectivity index (χ0) is 20.1. The van der Waals surface area contributed by atoms with Crippen molar-refractivity contribution in [3.05, 3.63) is 71.8 Å². The van der Waals surface area contributed by atoms with Crippen LogP contribution in [0.3, 0.4) is 0 Å². The number of nitrogens with zero attached hydrogens (tertiary/aromatic N) is 2. The molecule has 2 aromatic carbocycles. The molecule has 2 aliphatic heterocycles. The molecule has 2 heterocycles. The quantitative estimate of drug-likeness (QED) is 0.754. The van der Waals surface area contributed by atoms with Crippen LogP contribution in [0.2, 0.25) is 0 Å². The van der Waals surface area contributed by atoms with Crippen LogP contribution in [0.1, 0.15) is 30.0 Å². The van der Waals surface area contributed by atoms with Gasteiger partial charge >= 0.3 is 0 Å². The fourth-order valence-electron chi connectivity index (χ4n) is 4.39. The highest BCUT2D eigenvalue weighted by Crippen LogP contribution is 2.29. The van der Waals surface area contributed by atoms with E-state index in [0.717, 1.165) is 37.1 Å². The molecule has 2 aliphatic rings. The number of carbonyl (C=O) groups excluding carboxylic acids is 1. The molecule has 0 atom stereocenters. The fraction of sp³-hybridized carbons (Fsp3) is 0.458. The summed E-state index contributed by atoms with van der Waals surface area (Å²) in [6.45, 7) is 3.68. The number of amides is 1. The molecule has 0 aliphatic carbocycles. The highest BCUT2D eigenvalue weighted by Gasteiger charge is 2.32. The summed E-state index contributed by atoms with van der Waals surface area (Å²) in [7, 11) is 1.92. The lowest BCUT2D eigenvalue weighted by Gasteiger charge is -2.35. The minimum atomic E-state index is -0.0808. The van der Waals surface area contributed by atoms with E-state index in [0.29, 0.717) is 25.7 Å². The third-order valence-corrected chi connectivity index (χ3v) is 6.03. The monoisotopic (exact) mass is 394 g/mol. The van der Waals surface area contributed by atoms with Gasteiger partial charge in [-0.2, -0.15) is 0 Å². The molecule has 2 fully saturated rings. The average Bonchev–Trinajstić information content (AvgIpc) is 3.31. The minimum absolute atomic E-state index is 0.0453. The van der Waals surface area contributed by atoms with E-state index in [1.807, 2.05) is 48.3 Å². The van der Waals surface area contributed by atoms with Crippen LogP contribution in [-0.4, -0.2) is 61.9 Å². The minimum Gasteiger partial charge on any atom is -0.350 e. The highest BCUT2D eigenvalue weighted by atomic mass is 16.7. The summed E-state index contributed by atoms with van der Waals surface area (Å²) in [5.74, 6) is 0.595. The maximum atomic E-state index is 13.2. The highest BCUT2D eigenvalue weighted by molar-refractivity contribution is 5.79. The summed E-state index contributed by atoms with van der Waals surface area (Å²) in [5.41, 5.74) is 2.26. The first-order valence-corrected chi connectivity index (χ1v) is 10.5. The Balaban J connectivity index is 1.40. The van der Waals surface area contributed by atoms with Crippen LogP contribution in [0, 0.1) is 5.92 Å². The summed E-state index contributed by atoms with van der Waals surface area (Å²) < 4.78 is 11.3. The number of ether oxygens (including phenoxy) is 2. The molecular weight excluding hydrogens is 364 g/mol. The molecule has 5 nitrogen and oxygen atoms in total. The van der Waals surface area contributed by atoms with Gasteiger partial charge in [-0.15, -0.1) is 0 Å². The molecule has 0 radical (unpaired) electrons. The van der Waals surface area contributed by atoms with Gasteiger partial charge in [0.25, 0.3) is 0 Å². The van der Waals surface area contributed by atoms with E-state index in [2.05, 4.69) is 29.2 Å². The lowest BCUT2D eigenvalue weighted by Crippen LogP contribution is -2.44. The van der Waals surface area contributed by atoms with Crippen molar-refractivity contribution in [2.45, 2.75) is 25.2 Å². The molecule has 29 heavy (non-hydrogen) atoms. The number of likely N-dealkylation sites (tertiary alicyclic amines) is 1. The Morgan fingerprint density at radius 1 is 0.966 bits per heavy atom. The third kappa shape index (κ3) is 4.86. The number of rotatable bonds is 6. The van der Waals surface area contributed by atoms with Crippen LogP contribution >= 0.6 is 0 Å². The zero-order valence-corrected chi connectivity index (χ0v) is 17.1. The number of hydrogen-bond acceptors (Lipinski definition) is 4. The largest absolute Gasteiger partial charge is 0.350 e. The van der Waals surface area contributed by atoms with Gasteiger partial charge in [0.2, 0.25) is 5.91 Å². The van der Waals surface area contributed by atoms with E-state index in [9.17, 15) is 4.79 Å². The molecule has 0 saturated carbocycles. The summed E-state index contributed by atoms with van der Waals surface area (Å²) >= 11 is 0. The number of piperidine rings is 1. The van der Waals surface area contributed by atoms with Crippen LogP contribution in [0.4, 0.5) is 0 Å². The molecule has 0 spiro atoms. The van der Waals surface area contributed by atoms with Gasteiger partial charge in [0.15, 0.2) is 6.29 Å². The lowest BCUT2D eigenvalue weighted by atomic mass is 9.95. The first kappa shape index (κ1) is 20.1. The third-order valence-electron chi connectivity index (χ3n) is 6.03. The van der Waals surface area contributed by atoms with Crippen LogP contribution in [-0.2, 0) is 14.3 Å². The summed E-state index contributed by atoms with van der Waals surface area (Å²) in [6.07, 6.45) is 1.99. The predicted molar refractivity (Wildman–Crippen MR) is 112 cm³/mol. The molecule has 1 amide bonds. The second-order valence-corrected chi connectivity index (χ2v) is 7.95. The van der Waals surface area contributed by atoms with Crippen molar-refractivity contribution < 1.29 is 14.3 Å². The van der Waals surface area contributed by atoms with E-state index in [-0.39, 0.29) is 18.2 Å². The van der Waals surface area contributed by atoms with Gasteiger partial charge in [-0.05, 0) is 37.1 Å². The van der Waals surface area contributed by atoms with Gasteiger partial charge in [0, 0.05) is 13.0 Å². The van der Waals surface area contributed by atoms with E-state index in [1.165, 1.54) is 0 Å². The summed E-state index contributed by atoms with van der Waals surface area (Å²) in [5, 5.41) is 0. The molecule has 2 aromatic rings. The maximum Gasteiger partial charge on any atom is 0.237 e. The van der Waals surface area contributed by atoms with E-state index in [1.54, 1.807) is 0 Å². The summed E-state index contributed by atoms with van der Waals surface area (Å²) in [4.78, 5) is 17.3. The number of carbonyl (C=O) groups is 1. The van der Waals surface area contributed by atoms with Gasteiger partial charge in [0.05, 0.1) is 25.8 Å². The first-order valence-electron chi connectivity index (χ1n) is 10.5. The first-order chi connectivity index (χ1) is 14.2. The van der Waals surface area contributed by atoms with Crippen molar-refractivity contribution in [3.8, 4) is 0 Å². The Labute approximate surface area is 173 Å². The Bertz CT molecular complexity index is 730. The topological polar surface area (TPSA) is 42.0 Å². The van der Waals surface area contributed by atoms with Gasteiger partial charge in [-0.3, -0.25) is 9.69 Å². The second kappa shape index (κ2) is 9.53. The molecule has 0 N–H and O–H groups in total. The molecule has 2 saturated heterocycles. The van der Waals surface area contributed by atoms with Crippen LogP contribution < -0.4 is 0 Å². The van der Waals surface area contributed by atoms with E-state index >= 15 is 0 Å². The standard InChI is InChI=1S/C24H30N2O3/c1-25(23(19-8-4-2-5-9-19)20-10-6-3-7-11-20)22(27)18-26-14-12-21(13-15-26)24-28-16-17-29-24/h2-11,21,23-24H,12-18H2,1H3. The SMILES string of the molecule is CN(C(=O)CN1CCC(C2OCCO2)CC1)C(c1ccccc1)c1ccccc1. The van der Waals surface area contributed by atoms with Crippen LogP contribution in [0.25, 0.3) is 0 Å². The van der Waals surface area contributed by atoms with Crippen molar-refractivity contribution in [3.63, 3.8) is 0 Å². The number of likely N-dealkylation sites (N-methyl/N-ethyl adjacent to an activating group) is 1. The molecule has 5 heteroatoms. The van der Waals surface area contributed by atoms with Gasteiger partial charge < -0.3 is 14.4 Å². The van der Waals surface area contributed by atoms with Gasteiger partial charge in [-0.25, -0.2) is 0 Å². The van der Waals surface area contributed by atoms with Crippen molar-refractivity contribution in [2.24, 2.45) is 5.92 Å². The Hall–Kier alpha value is -2.21. The molecule has 0 bridgehead atoms. The second-order valence-electron chi connectivity index (χ2n) is 7.95. The van der Waals surface area contributed by atoms with E-state index in [4.69, 9.17) is 9.47 Å². The van der Waals surface area contributed by atoms with E-state index < -0.39 is 0 Å². The Morgan fingerprint density at radius 3 is 2.00 bits per heavy atom. The van der Waals surface area contributed by atoms with Crippen molar-refractivity contribution in [2.75, 3.05) is 39.9 Å². The van der Waals surface area contributed by atoms with Crippen LogP contribution in [0.5, 0.6) is 0 Å². The molecule has 154 valence electrons. The number of hydrogen-bond donors (Lipinski definition) is 0. The molecule has 0 aromatic heterocycles. The summed E-state index contributed by atoms with van der Waals surface area (Å²) in [6, 6.07) is 20.4. The normalized spacial score (nSPS) is 19.0. The van der Waals surface area contributed by atoms with Gasteiger partial charge in [-0.1, -0.05) is 60.7 Å². The molecular formula is C24H30N2O3. The van der Waals surface area contributed by atoms with Crippen LogP contribution in [0.15, 0.2) is 60.7 Å². The average molecular weight is 395 g/mol. The van der Waals surface area contributed by atoms with Crippen molar-refractivity contribution in [1.29, 1.82) is 0 Å². The molecule has 0 unspecified atom stereocenters.